The first-order valence-electron chi connectivity index (χ1n) is 7.20. The Morgan fingerprint density at radius 3 is 2.48 bits per heavy atom. The van der Waals surface area contributed by atoms with Crippen molar-refractivity contribution in [2.75, 3.05) is 6.54 Å². The van der Waals surface area contributed by atoms with Crippen molar-refractivity contribution in [1.29, 1.82) is 0 Å². The van der Waals surface area contributed by atoms with Crippen LogP contribution < -0.4 is 16.8 Å². The summed E-state index contributed by atoms with van der Waals surface area (Å²) < 4.78 is 4.88. The van der Waals surface area contributed by atoms with Crippen LogP contribution in [0.1, 0.15) is 12.0 Å². The fraction of sp³-hybridized carbons (Fsp3) is 0.357. The number of nitrogens with one attached hydrogen (secondary N) is 1. The lowest BCUT2D eigenvalue weighted by Crippen LogP contribution is -2.52. The van der Waals surface area contributed by atoms with Gasteiger partial charge in [-0.1, -0.05) is 30.3 Å². The van der Waals surface area contributed by atoms with E-state index in [9.17, 15) is 24.8 Å². The molecular weight excluding hydrogens is 334 g/mol. The number of alkyl carbamates (subject to hydrolysis) is 1. The Labute approximate surface area is 142 Å². The monoisotopic (exact) mass is 353 g/mol. The highest BCUT2D eigenvalue weighted by Crippen LogP contribution is 2.07. The van der Waals surface area contributed by atoms with Crippen molar-refractivity contribution in [3.05, 3.63) is 46.0 Å². The van der Waals surface area contributed by atoms with Crippen molar-refractivity contribution in [3.8, 4) is 0 Å². The number of carboxylic acid groups (broad SMARTS) is 1. The number of carbonyl (C=O) groups excluding carboxylic acids is 1. The van der Waals surface area contributed by atoms with Crippen LogP contribution in [0.5, 0.6) is 0 Å². The van der Waals surface area contributed by atoms with Crippen LogP contribution in [0.25, 0.3) is 0 Å². The van der Waals surface area contributed by atoms with Crippen LogP contribution in [0.15, 0.2) is 35.3 Å². The van der Waals surface area contributed by atoms with Crippen LogP contribution in [0.4, 0.5) is 4.79 Å². The second-order valence-electron chi connectivity index (χ2n) is 4.97. The van der Waals surface area contributed by atoms with Gasteiger partial charge >= 0.3 is 12.1 Å². The zero-order chi connectivity index (χ0) is 18.8. The number of ether oxygens (including phenoxy) is 1. The van der Waals surface area contributed by atoms with Gasteiger partial charge in [0.2, 0.25) is 6.04 Å². The molecule has 0 bridgehead atoms. The molecule has 1 rings (SSSR count). The molecule has 25 heavy (non-hydrogen) atoms. The number of nitrogens with two attached hydrogens (primary N) is 2. The number of hydrogen-bond acceptors (Lipinski definition) is 6. The van der Waals surface area contributed by atoms with Crippen LogP contribution >= 0.6 is 0 Å². The molecule has 0 aliphatic rings. The Bertz CT molecular complexity index is 632. The number of nitro groups is 1. The van der Waals surface area contributed by atoms with Gasteiger partial charge in [0.05, 0.1) is 0 Å². The van der Waals surface area contributed by atoms with Crippen molar-refractivity contribution in [3.63, 3.8) is 0 Å². The number of guanidine groups is 1. The minimum Gasteiger partial charge on any atom is -0.480 e. The summed E-state index contributed by atoms with van der Waals surface area (Å²) in [6.07, 6.45) is -1.36. The molecule has 1 unspecified atom stereocenters. The quantitative estimate of drug-likeness (QED) is 0.201. The summed E-state index contributed by atoms with van der Waals surface area (Å²) in [4.78, 5) is 36.9. The van der Waals surface area contributed by atoms with Gasteiger partial charge in [-0.15, -0.1) is 0 Å². The Morgan fingerprint density at radius 2 is 1.96 bits per heavy atom. The second kappa shape index (κ2) is 9.70. The van der Waals surface area contributed by atoms with Gasteiger partial charge in [0, 0.05) is 17.9 Å². The van der Waals surface area contributed by atoms with Gasteiger partial charge in [-0.2, -0.15) is 0 Å². The number of carbonyl (C=O) groups is 2. The number of hydrogen-bond donors (Lipinski definition) is 4. The number of nitrogens with zero attached hydrogens (tertiary/aromatic N) is 2. The standard InChI is InChI=1S/C14H19N5O6/c15-13(16)17-7-6-10(19(23)24)11(12(20)21)18-14(22)25-8-9-4-2-1-3-5-9/h1-5,10-11H,6-8H2,(H,18,22)(H,20,21)(H4,15,16,17)/t10?,11-/m0/s1. The average molecular weight is 353 g/mol. The van der Waals surface area contributed by atoms with Crippen molar-refractivity contribution >= 4 is 18.0 Å². The largest absolute Gasteiger partial charge is 0.480 e. The van der Waals surface area contributed by atoms with E-state index < -0.39 is 29.1 Å². The zero-order valence-corrected chi connectivity index (χ0v) is 13.2. The van der Waals surface area contributed by atoms with Crippen LogP contribution in [0, 0.1) is 10.1 Å². The van der Waals surface area contributed by atoms with Crippen LogP contribution in [-0.4, -0.2) is 46.7 Å². The van der Waals surface area contributed by atoms with E-state index in [1.54, 1.807) is 30.3 Å². The maximum atomic E-state index is 11.8. The predicted molar refractivity (Wildman–Crippen MR) is 87.3 cm³/mol. The average Bonchev–Trinajstić information content (AvgIpc) is 2.55. The molecular formula is C14H19N5O6. The number of benzene rings is 1. The molecule has 2 atom stereocenters. The number of rotatable bonds is 9. The number of amides is 1. The van der Waals surface area contributed by atoms with E-state index in [4.69, 9.17) is 16.2 Å². The lowest BCUT2D eigenvalue weighted by atomic mass is 10.1. The second-order valence-corrected chi connectivity index (χ2v) is 4.97. The first-order valence-corrected chi connectivity index (χ1v) is 7.20. The van der Waals surface area contributed by atoms with Crippen molar-refractivity contribution < 1.29 is 24.4 Å². The molecule has 11 nitrogen and oxygen atoms in total. The van der Waals surface area contributed by atoms with Crippen molar-refractivity contribution in [2.45, 2.75) is 25.1 Å². The summed E-state index contributed by atoms with van der Waals surface area (Å²) in [5.41, 5.74) is 10.9. The topological polar surface area (TPSA) is 183 Å². The highest BCUT2D eigenvalue weighted by atomic mass is 16.6. The Balaban J connectivity index is 2.69. The minimum absolute atomic E-state index is 0.101. The van der Waals surface area contributed by atoms with Crippen LogP contribution in [-0.2, 0) is 16.1 Å². The van der Waals surface area contributed by atoms with Gasteiger partial charge in [0.25, 0.3) is 0 Å². The van der Waals surface area contributed by atoms with Crippen molar-refractivity contribution in [2.24, 2.45) is 16.5 Å². The Morgan fingerprint density at radius 1 is 1.32 bits per heavy atom. The van der Waals surface area contributed by atoms with E-state index in [0.29, 0.717) is 5.56 Å². The third-order valence-electron chi connectivity index (χ3n) is 3.13. The molecule has 0 saturated heterocycles. The van der Waals surface area contributed by atoms with Crippen LogP contribution in [0.2, 0.25) is 0 Å². The van der Waals surface area contributed by atoms with E-state index in [-0.39, 0.29) is 25.5 Å². The van der Waals surface area contributed by atoms with E-state index in [1.165, 1.54) is 0 Å². The lowest BCUT2D eigenvalue weighted by Gasteiger charge is -2.18. The van der Waals surface area contributed by atoms with E-state index >= 15 is 0 Å². The fourth-order valence-electron chi connectivity index (χ4n) is 1.93. The van der Waals surface area contributed by atoms with E-state index in [0.717, 1.165) is 0 Å². The maximum absolute atomic E-state index is 11.8. The summed E-state index contributed by atoms with van der Waals surface area (Å²) in [5, 5.41) is 22.3. The van der Waals surface area contributed by atoms with Crippen LogP contribution in [0.3, 0.4) is 0 Å². The summed E-state index contributed by atoms with van der Waals surface area (Å²) in [6.45, 7) is -0.255. The molecule has 11 heteroatoms. The van der Waals surface area contributed by atoms with Gasteiger partial charge in [0.1, 0.15) is 6.61 Å². The highest BCUT2D eigenvalue weighted by molar-refractivity contribution is 5.80. The number of aliphatic carboxylic acids is 1. The fourth-order valence-corrected chi connectivity index (χ4v) is 1.93. The molecule has 0 aliphatic carbocycles. The first kappa shape index (κ1) is 19.7. The van der Waals surface area contributed by atoms with E-state index in [2.05, 4.69) is 4.99 Å². The lowest BCUT2D eigenvalue weighted by molar-refractivity contribution is -0.525. The third-order valence-corrected chi connectivity index (χ3v) is 3.13. The Hall–Kier alpha value is -3.37. The predicted octanol–water partition coefficient (Wildman–Crippen LogP) is -0.325. The van der Waals surface area contributed by atoms with Crippen molar-refractivity contribution in [1.82, 2.24) is 5.32 Å². The van der Waals surface area contributed by atoms with E-state index in [1.807, 2.05) is 5.32 Å². The molecule has 1 aromatic rings. The summed E-state index contributed by atoms with van der Waals surface area (Å²) in [6, 6.07) is 5.26. The molecule has 6 N–H and O–H groups in total. The third kappa shape index (κ3) is 7.16. The molecule has 0 radical (unpaired) electrons. The van der Waals surface area contributed by atoms with Gasteiger partial charge in [0.15, 0.2) is 12.0 Å². The molecule has 136 valence electrons. The van der Waals surface area contributed by atoms with Gasteiger partial charge in [-0.25, -0.2) is 9.59 Å². The van der Waals surface area contributed by atoms with Gasteiger partial charge < -0.3 is 26.6 Å². The maximum Gasteiger partial charge on any atom is 0.408 e. The molecule has 1 amide bonds. The smallest absolute Gasteiger partial charge is 0.408 e. The summed E-state index contributed by atoms with van der Waals surface area (Å²) in [5.74, 6) is -1.84. The van der Waals surface area contributed by atoms with Gasteiger partial charge in [-0.05, 0) is 5.56 Å². The molecule has 0 aromatic heterocycles. The van der Waals surface area contributed by atoms with Gasteiger partial charge in [-0.3, -0.25) is 15.1 Å². The highest BCUT2D eigenvalue weighted by Gasteiger charge is 2.38. The molecule has 0 heterocycles. The molecule has 0 saturated carbocycles. The molecule has 0 spiro atoms. The zero-order valence-electron chi connectivity index (χ0n) is 13.2. The minimum atomic E-state index is -1.78. The summed E-state index contributed by atoms with van der Waals surface area (Å²) in [7, 11) is 0. The SMILES string of the molecule is NC(N)=NCCC([C@H](NC(=O)OCc1ccccc1)C(=O)O)[N+](=O)[O-]. The number of carboxylic acids is 1. The number of aliphatic imine (C=N–C) groups is 1. The molecule has 0 aliphatic heterocycles. The Kier molecular flexibility index (Phi) is 7.63. The summed E-state index contributed by atoms with van der Waals surface area (Å²) >= 11 is 0. The molecule has 0 fully saturated rings. The molecule has 1 aromatic carbocycles. The first-order chi connectivity index (χ1) is 11.8. The normalized spacial score (nSPS) is 12.5.